The molecule has 1 aliphatic carbocycles. The highest BCUT2D eigenvalue weighted by molar-refractivity contribution is 7.14. The van der Waals surface area contributed by atoms with E-state index in [1.165, 1.54) is 40.1 Å². The fourth-order valence-corrected chi connectivity index (χ4v) is 4.34. The first-order chi connectivity index (χ1) is 13.0. The number of benzene rings is 1. The number of carbonyl (C=O) groups excluding carboxylic acids is 1. The minimum absolute atomic E-state index is 0.0193. The van der Waals surface area contributed by atoms with Crippen molar-refractivity contribution in [3.63, 3.8) is 0 Å². The van der Waals surface area contributed by atoms with Crippen LogP contribution in [0, 0.1) is 16.0 Å². The minimum atomic E-state index is -0.528. The van der Waals surface area contributed by atoms with Gasteiger partial charge in [0.25, 0.3) is 11.6 Å². The zero-order valence-electron chi connectivity index (χ0n) is 14.6. The van der Waals surface area contributed by atoms with E-state index >= 15 is 0 Å². The monoisotopic (exact) mass is 387 g/mol. The zero-order valence-corrected chi connectivity index (χ0v) is 15.4. The molecule has 0 spiro atoms. The lowest BCUT2D eigenvalue weighted by atomic mass is 9.90. The number of hydrogen-bond acceptors (Lipinski definition) is 7. The van der Waals surface area contributed by atoms with Crippen molar-refractivity contribution in [3.8, 4) is 11.5 Å². The normalized spacial score (nSPS) is 17.7. The topological polar surface area (TPSA) is 103 Å². The van der Waals surface area contributed by atoms with Crippen LogP contribution in [0.3, 0.4) is 0 Å². The fourth-order valence-electron chi connectivity index (χ4n) is 3.24. The molecule has 0 saturated carbocycles. The van der Waals surface area contributed by atoms with Crippen LogP contribution < -0.4 is 14.9 Å². The van der Waals surface area contributed by atoms with Crippen LogP contribution in [0.4, 0.5) is 5.69 Å². The second-order valence-electron chi connectivity index (χ2n) is 6.63. The maximum Gasteiger partial charge on any atom is 0.282 e. The molecule has 0 bridgehead atoms. The molecule has 1 aliphatic heterocycles. The second-order valence-corrected chi connectivity index (χ2v) is 7.76. The molecular weight excluding hydrogens is 370 g/mol. The molecule has 2 heterocycles. The first kappa shape index (κ1) is 17.5. The van der Waals surface area contributed by atoms with Crippen molar-refractivity contribution in [1.82, 2.24) is 5.43 Å². The first-order valence-corrected chi connectivity index (χ1v) is 9.36. The summed E-state index contributed by atoms with van der Waals surface area (Å²) in [6.45, 7) is 2.23. The van der Waals surface area contributed by atoms with Crippen LogP contribution in [0.15, 0.2) is 23.3 Å². The molecular formula is C18H17N3O5S. The van der Waals surface area contributed by atoms with Gasteiger partial charge in [0.15, 0.2) is 11.5 Å². The first-order valence-electron chi connectivity index (χ1n) is 8.54. The Morgan fingerprint density at radius 2 is 2.15 bits per heavy atom. The van der Waals surface area contributed by atoms with E-state index in [1.807, 2.05) is 6.07 Å². The quantitative estimate of drug-likeness (QED) is 0.493. The molecule has 2 aromatic rings. The number of hydrogen-bond donors (Lipinski definition) is 1. The number of nitrogens with one attached hydrogen (secondary N) is 1. The van der Waals surface area contributed by atoms with Crippen molar-refractivity contribution in [2.45, 2.75) is 26.2 Å². The number of nitrogens with zero attached hydrogens (tertiary/aromatic N) is 2. The number of nitro benzene ring substituents is 1. The molecule has 1 unspecified atom stereocenters. The van der Waals surface area contributed by atoms with E-state index in [9.17, 15) is 14.9 Å². The zero-order chi connectivity index (χ0) is 19.0. The third-order valence-corrected chi connectivity index (χ3v) is 5.88. The number of ether oxygens (including phenoxy) is 2. The Balaban J connectivity index is 1.49. The van der Waals surface area contributed by atoms with Gasteiger partial charge >= 0.3 is 0 Å². The highest BCUT2D eigenvalue weighted by atomic mass is 32.1. The van der Waals surface area contributed by atoms with Crippen LogP contribution in [-0.4, -0.2) is 23.8 Å². The summed E-state index contributed by atoms with van der Waals surface area (Å²) in [4.78, 5) is 24.9. The van der Waals surface area contributed by atoms with Crippen LogP contribution in [0.1, 0.15) is 39.0 Å². The van der Waals surface area contributed by atoms with Crippen molar-refractivity contribution in [2.24, 2.45) is 11.0 Å². The smallest absolute Gasteiger partial charge is 0.282 e. The summed E-state index contributed by atoms with van der Waals surface area (Å²) in [5.41, 5.74) is 3.74. The molecule has 0 fully saturated rings. The number of amides is 1. The molecule has 1 amide bonds. The molecule has 1 N–H and O–H groups in total. The van der Waals surface area contributed by atoms with Crippen molar-refractivity contribution >= 4 is 29.1 Å². The van der Waals surface area contributed by atoms with E-state index < -0.39 is 4.92 Å². The summed E-state index contributed by atoms with van der Waals surface area (Å²) in [6.07, 6.45) is 4.38. The predicted octanol–water partition coefficient (Wildman–Crippen LogP) is 3.27. The van der Waals surface area contributed by atoms with Gasteiger partial charge in [-0.15, -0.1) is 11.3 Å². The highest BCUT2D eigenvalue weighted by Gasteiger charge is 2.23. The van der Waals surface area contributed by atoms with E-state index in [-0.39, 0.29) is 24.0 Å². The Labute approximate surface area is 158 Å². The predicted molar refractivity (Wildman–Crippen MR) is 99.8 cm³/mol. The molecule has 0 radical (unpaired) electrons. The number of aryl methyl sites for hydroxylation is 1. The number of hydrazone groups is 1. The number of carbonyl (C=O) groups is 1. The van der Waals surface area contributed by atoms with Gasteiger partial charge in [0, 0.05) is 4.88 Å². The van der Waals surface area contributed by atoms with Crippen LogP contribution in [-0.2, 0) is 12.8 Å². The maximum absolute atomic E-state index is 12.3. The van der Waals surface area contributed by atoms with Crippen molar-refractivity contribution in [3.05, 3.63) is 49.2 Å². The molecule has 140 valence electrons. The van der Waals surface area contributed by atoms with Gasteiger partial charge in [-0.05, 0) is 42.9 Å². The summed E-state index contributed by atoms with van der Waals surface area (Å²) in [5.74, 6) is 1.05. The lowest BCUT2D eigenvalue weighted by molar-refractivity contribution is -0.385. The molecule has 1 atom stereocenters. The second kappa shape index (κ2) is 6.99. The van der Waals surface area contributed by atoms with Gasteiger partial charge < -0.3 is 9.47 Å². The maximum atomic E-state index is 12.3. The average molecular weight is 387 g/mol. The van der Waals surface area contributed by atoms with Crippen LogP contribution in [0.5, 0.6) is 11.5 Å². The minimum Gasteiger partial charge on any atom is -0.454 e. The van der Waals surface area contributed by atoms with Crippen molar-refractivity contribution in [2.75, 3.05) is 6.79 Å². The van der Waals surface area contributed by atoms with Crippen LogP contribution in [0.2, 0.25) is 0 Å². The number of nitro groups is 1. The Morgan fingerprint density at radius 3 is 2.93 bits per heavy atom. The Kier molecular flexibility index (Phi) is 4.53. The van der Waals surface area contributed by atoms with Crippen molar-refractivity contribution in [1.29, 1.82) is 0 Å². The lowest BCUT2D eigenvalue weighted by Crippen LogP contribution is -2.16. The van der Waals surface area contributed by atoms with Gasteiger partial charge in [-0.25, -0.2) is 5.43 Å². The molecule has 1 aromatic carbocycles. The standard InChI is InChI=1S/C18H17N3O5S/c1-10-2-3-16-11(4-10)6-17(27-16)18(22)20-19-8-12-5-14-15(26-9-25-14)7-13(12)21(23)24/h5-8,10H,2-4,9H2,1H3,(H,20,22)/b19-8+. The van der Waals surface area contributed by atoms with Gasteiger partial charge in [-0.2, -0.15) is 5.10 Å². The number of thiophene rings is 1. The highest BCUT2D eigenvalue weighted by Crippen LogP contribution is 2.37. The van der Waals surface area contributed by atoms with E-state index in [4.69, 9.17) is 9.47 Å². The summed E-state index contributed by atoms with van der Waals surface area (Å²) in [5, 5.41) is 15.1. The fraction of sp³-hybridized carbons (Fsp3) is 0.333. The third kappa shape index (κ3) is 3.50. The van der Waals surface area contributed by atoms with Crippen LogP contribution in [0.25, 0.3) is 0 Å². The lowest BCUT2D eigenvalue weighted by Gasteiger charge is -2.16. The Hall–Kier alpha value is -2.94. The molecule has 8 nitrogen and oxygen atoms in total. The van der Waals surface area contributed by atoms with E-state index in [0.29, 0.717) is 22.3 Å². The van der Waals surface area contributed by atoms with Gasteiger partial charge in [0.2, 0.25) is 6.79 Å². The van der Waals surface area contributed by atoms with Crippen LogP contribution >= 0.6 is 11.3 Å². The molecule has 0 saturated heterocycles. The molecule has 4 rings (SSSR count). The average Bonchev–Trinajstić information content (AvgIpc) is 3.26. The van der Waals surface area contributed by atoms with E-state index in [2.05, 4.69) is 17.5 Å². The molecule has 27 heavy (non-hydrogen) atoms. The summed E-state index contributed by atoms with van der Waals surface area (Å²) < 4.78 is 10.4. The van der Waals surface area contributed by atoms with Crippen molar-refractivity contribution < 1.29 is 19.2 Å². The largest absolute Gasteiger partial charge is 0.454 e. The van der Waals surface area contributed by atoms with Gasteiger partial charge in [0.05, 0.1) is 27.6 Å². The number of fused-ring (bicyclic) bond motifs is 2. The van der Waals surface area contributed by atoms with Gasteiger partial charge in [-0.1, -0.05) is 6.92 Å². The molecule has 2 aliphatic rings. The third-order valence-electron chi connectivity index (χ3n) is 4.64. The van der Waals surface area contributed by atoms with Gasteiger partial charge in [0.1, 0.15) is 0 Å². The van der Waals surface area contributed by atoms with E-state index in [0.717, 1.165) is 19.3 Å². The van der Waals surface area contributed by atoms with Gasteiger partial charge in [-0.3, -0.25) is 14.9 Å². The van der Waals surface area contributed by atoms with E-state index in [1.54, 1.807) is 0 Å². The SMILES string of the molecule is CC1CCc2sc(C(=O)N/N=C/c3cc4c(cc3[N+](=O)[O-])OCO4)cc2C1. The summed E-state index contributed by atoms with van der Waals surface area (Å²) in [6, 6.07) is 4.69. The number of rotatable bonds is 4. The molecule has 1 aromatic heterocycles. The molecule has 9 heteroatoms. The summed E-state index contributed by atoms with van der Waals surface area (Å²) >= 11 is 1.49. The Morgan fingerprint density at radius 1 is 1.37 bits per heavy atom. The Bertz CT molecular complexity index is 953. The summed E-state index contributed by atoms with van der Waals surface area (Å²) in [7, 11) is 0.